The number of hydrogen-bond acceptors (Lipinski definition) is 5. The molecule has 0 aromatic heterocycles. The highest BCUT2D eigenvalue weighted by Crippen LogP contribution is 2.19. The SMILES string of the molecule is CC(C)(C=O)CC(N)CCOCCCCOCCCN. The highest BCUT2D eigenvalue weighted by molar-refractivity contribution is 5.57. The zero-order valence-corrected chi connectivity index (χ0v) is 13.1. The molecule has 0 saturated heterocycles. The number of ether oxygens (including phenoxy) is 2. The standard InChI is InChI=1S/C15H32N2O3/c1-15(2,13-18)12-14(17)6-11-20-9-4-3-8-19-10-5-7-16/h13-14H,3-12,16-17H2,1-2H3. The minimum atomic E-state index is -0.333. The Labute approximate surface area is 123 Å². The summed E-state index contributed by atoms with van der Waals surface area (Å²) in [4.78, 5) is 10.8. The molecule has 20 heavy (non-hydrogen) atoms. The Balaban J connectivity index is 3.29. The van der Waals surface area contributed by atoms with Crippen LogP contribution in [0.5, 0.6) is 0 Å². The van der Waals surface area contributed by atoms with Gasteiger partial charge in [-0.1, -0.05) is 13.8 Å². The van der Waals surface area contributed by atoms with E-state index in [4.69, 9.17) is 20.9 Å². The second kappa shape index (κ2) is 12.3. The molecule has 120 valence electrons. The molecule has 0 heterocycles. The van der Waals surface area contributed by atoms with E-state index in [0.717, 1.165) is 51.8 Å². The fourth-order valence-electron chi connectivity index (χ4n) is 1.86. The Bertz CT molecular complexity index is 235. The quantitative estimate of drug-likeness (QED) is 0.373. The smallest absolute Gasteiger partial charge is 0.125 e. The molecule has 0 fully saturated rings. The third-order valence-electron chi connectivity index (χ3n) is 3.06. The van der Waals surface area contributed by atoms with Crippen LogP contribution >= 0.6 is 0 Å². The van der Waals surface area contributed by atoms with Crippen LogP contribution in [0.4, 0.5) is 0 Å². The second-order valence-corrected chi connectivity index (χ2v) is 5.93. The van der Waals surface area contributed by atoms with Gasteiger partial charge in [-0.25, -0.2) is 0 Å². The monoisotopic (exact) mass is 288 g/mol. The highest BCUT2D eigenvalue weighted by atomic mass is 16.5. The zero-order valence-electron chi connectivity index (χ0n) is 13.1. The van der Waals surface area contributed by atoms with Crippen LogP contribution in [0.3, 0.4) is 0 Å². The largest absolute Gasteiger partial charge is 0.381 e. The van der Waals surface area contributed by atoms with Gasteiger partial charge in [0.2, 0.25) is 0 Å². The first-order valence-electron chi connectivity index (χ1n) is 7.59. The Kier molecular flexibility index (Phi) is 12.0. The van der Waals surface area contributed by atoms with Gasteiger partial charge in [0, 0.05) is 37.9 Å². The second-order valence-electron chi connectivity index (χ2n) is 5.93. The summed E-state index contributed by atoms with van der Waals surface area (Å²) in [6, 6.07) is 0.0230. The van der Waals surface area contributed by atoms with Crippen molar-refractivity contribution in [3.8, 4) is 0 Å². The molecular weight excluding hydrogens is 256 g/mol. The molecule has 0 rings (SSSR count). The first-order valence-corrected chi connectivity index (χ1v) is 7.59. The molecule has 4 N–H and O–H groups in total. The van der Waals surface area contributed by atoms with Gasteiger partial charge in [-0.2, -0.15) is 0 Å². The van der Waals surface area contributed by atoms with Crippen LogP contribution < -0.4 is 11.5 Å². The van der Waals surface area contributed by atoms with Crippen molar-refractivity contribution in [1.29, 1.82) is 0 Å². The molecule has 0 bridgehead atoms. The third kappa shape index (κ3) is 12.5. The molecule has 0 aliphatic rings. The maximum atomic E-state index is 10.8. The molecule has 0 spiro atoms. The zero-order chi connectivity index (χ0) is 15.3. The van der Waals surface area contributed by atoms with Crippen LogP contribution in [0.2, 0.25) is 0 Å². The normalized spacial score (nSPS) is 13.4. The topological polar surface area (TPSA) is 87.6 Å². The number of unbranched alkanes of at least 4 members (excludes halogenated alkanes) is 1. The summed E-state index contributed by atoms with van der Waals surface area (Å²) < 4.78 is 10.9. The third-order valence-corrected chi connectivity index (χ3v) is 3.06. The summed E-state index contributed by atoms with van der Waals surface area (Å²) in [5.41, 5.74) is 11.0. The molecule has 5 nitrogen and oxygen atoms in total. The predicted molar refractivity (Wildman–Crippen MR) is 81.6 cm³/mol. The van der Waals surface area contributed by atoms with Crippen molar-refractivity contribution in [1.82, 2.24) is 0 Å². The van der Waals surface area contributed by atoms with Gasteiger partial charge >= 0.3 is 0 Å². The van der Waals surface area contributed by atoms with E-state index >= 15 is 0 Å². The molecule has 0 saturated carbocycles. The minimum absolute atomic E-state index is 0.0230. The van der Waals surface area contributed by atoms with Crippen molar-refractivity contribution in [2.45, 2.75) is 52.0 Å². The van der Waals surface area contributed by atoms with Crippen molar-refractivity contribution >= 4 is 6.29 Å². The maximum Gasteiger partial charge on any atom is 0.125 e. The number of carbonyl (C=O) groups is 1. The number of aldehydes is 1. The molecular formula is C15H32N2O3. The van der Waals surface area contributed by atoms with E-state index in [9.17, 15) is 4.79 Å². The predicted octanol–water partition coefficient (Wildman–Crippen LogP) is 1.48. The van der Waals surface area contributed by atoms with Gasteiger partial charge in [-0.05, 0) is 38.6 Å². The summed E-state index contributed by atoms with van der Waals surface area (Å²) in [5, 5.41) is 0. The molecule has 1 atom stereocenters. The first kappa shape index (κ1) is 19.5. The van der Waals surface area contributed by atoms with Gasteiger partial charge in [0.25, 0.3) is 0 Å². The summed E-state index contributed by atoms with van der Waals surface area (Å²) in [7, 11) is 0. The molecule has 0 aliphatic carbocycles. The first-order chi connectivity index (χ1) is 9.52. The van der Waals surface area contributed by atoms with Crippen LogP contribution in [0.1, 0.15) is 46.0 Å². The molecule has 0 radical (unpaired) electrons. The van der Waals surface area contributed by atoms with Crippen molar-refractivity contribution in [2.24, 2.45) is 16.9 Å². The van der Waals surface area contributed by atoms with E-state index in [1.54, 1.807) is 0 Å². The van der Waals surface area contributed by atoms with Gasteiger partial charge in [0.1, 0.15) is 6.29 Å². The van der Waals surface area contributed by atoms with Gasteiger partial charge in [0.05, 0.1) is 0 Å². The average molecular weight is 288 g/mol. The van der Waals surface area contributed by atoms with E-state index in [1.165, 1.54) is 0 Å². The fourth-order valence-corrected chi connectivity index (χ4v) is 1.86. The lowest BCUT2D eigenvalue weighted by atomic mass is 9.87. The van der Waals surface area contributed by atoms with Crippen LogP contribution in [0.25, 0.3) is 0 Å². The Morgan fingerprint density at radius 2 is 1.60 bits per heavy atom. The molecule has 0 aromatic carbocycles. The summed E-state index contributed by atoms with van der Waals surface area (Å²) >= 11 is 0. The lowest BCUT2D eigenvalue weighted by Crippen LogP contribution is -2.30. The van der Waals surface area contributed by atoms with Gasteiger partial charge in [-0.15, -0.1) is 0 Å². The molecule has 0 aromatic rings. The summed E-state index contributed by atoms with van der Waals surface area (Å²) in [6.07, 6.45) is 5.40. The van der Waals surface area contributed by atoms with Gasteiger partial charge < -0.3 is 25.7 Å². The van der Waals surface area contributed by atoms with Crippen LogP contribution in [0.15, 0.2) is 0 Å². The number of carbonyl (C=O) groups excluding carboxylic acids is 1. The molecule has 5 heteroatoms. The van der Waals surface area contributed by atoms with Crippen LogP contribution in [0, 0.1) is 5.41 Å². The average Bonchev–Trinajstić information content (AvgIpc) is 2.40. The van der Waals surface area contributed by atoms with Crippen molar-refractivity contribution in [3.05, 3.63) is 0 Å². The lowest BCUT2D eigenvalue weighted by molar-refractivity contribution is -0.115. The van der Waals surface area contributed by atoms with Gasteiger partial charge in [0.15, 0.2) is 0 Å². The molecule has 0 amide bonds. The number of rotatable bonds is 14. The maximum absolute atomic E-state index is 10.8. The summed E-state index contributed by atoms with van der Waals surface area (Å²) in [5.74, 6) is 0. The van der Waals surface area contributed by atoms with Crippen molar-refractivity contribution in [3.63, 3.8) is 0 Å². The van der Waals surface area contributed by atoms with Crippen LogP contribution in [-0.2, 0) is 14.3 Å². The minimum Gasteiger partial charge on any atom is -0.381 e. The Morgan fingerprint density at radius 3 is 2.15 bits per heavy atom. The van der Waals surface area contributed by atoms with E-state index in [1.807, 2.05) is 13.8 Å². The summed E-state index contributed by atoms with van der Waals surface area (Å²) in [6.45, 7) is 7.42. The number of nitrogens with two attached hydrogens (primary N) is 2. The van der Waals surface area contributed by atoms with Crippen LogP contribution in [-0.4, -0.2) is 45.3 Å². The van der Waals surface area contributed by atoms with Gasteiger partial charge in [-0.3, -0.25) is 0 Å². The molecule has 0 aliphatic heterocycles. The highest BCUT2D eigenvalue weighted by Gasteiger charge is 2.20. The van der Waals surface area contributed by atoms with E-state index in [-0.39, 0.29) is 11.5 Å². The Morgan fingerprint density at radius 1 is 1.05 bits per heavy atom. The Hall–Kier alpha value is -0.490. The molecule has 1 unspecified atom stereocenters. The van der Waals surface area contributed by atoms with E-state index in [2.05, 4.69) is 0 Å². The number of hydrogen-bond donors (Lipinski definition) is 2. The lowest BCUT2D eigenvalue weighted by Gasteiger charge is -2.21. The van der Waals surface area contributed by atoms with E-state index in [0.29, 0.717) is 19.6 Å². The van der Waals surface area contributed by atoms with E-state index < -0.39 is 0 Å². The van der Waals surface area contributed by atoms with Crippen molar-refractivity contribution in [2.75, 3.05) is 33.0 Å². The fraction of sp³-hybridized carbons (Fsp3) is 0.933. The van der Waals surface area contributed by atoms with Crippen molar-refractivity contribution < 1.29 is 14.3 Å².